The first-order valence-corrected chi connectivity index (χ1v) is 9.49. The predicted molar refractivity (Wildman–Crippen MR) is 101 cm³/mol. The Balaban J connectivity index is 1.67. The Morgan fingerprint density at radius 2 is 2.04 bits per heavy atom. The van der Waals surface area contributed by atoms with E-state index in [2.05, 4.69) is 55.4 Å². The van der Waals surface area contributed by atoms with Gasteiger partial charge in [-0.3, -0.25) is 4.79 Å². The van der Waals surface area contributed by atoms with Gasteiger partial charge in [-0.1, -0.05) is 20.8 Å². The van der Waals surface area contributed by atoms with E-state index in [1.807, 2.05) is 11.8 Å². The minimum absolute atomic E-state index is 0.0756. The van der Waals surface area contributed by atoms with Crippen LogP contribution in [0, 0.1) is 5.41 Å². The first-order chi connectivity index (χ1) is 12.3. The Bertz CT molecular complexity index is 850. The van der Waals surface area contributed by atoms with Gasteiger partial charge in [-0.25, -0.2) is 5.43 Å². The molecule has 1 fully saturated rings. The van der Waals surface area contributed by atoms with E-state index in [1.165, 1.54) is 11.1 Å². The number of ether oxygens (including phenoxy) is 1. The average molecular weight is 354 g/mol. The quantitative estimate of drug-likeness (QED) is 0.776. The third kappa shape index (κ3) is 1.80. The molecule has 0 aromatic heterocycles. The summed E-state index contributed by atoms with van der Waals surface area (Å²) in [7, 11) is 2.23. The van der Waals surface area contributed by atoms with Gasteiger partial charge in [-0.2, -0.15) is 5.10 Å². The van der Waals surface area contributed by atoms with Gasteiger partial charge in [0.15, 0.2) is 5.84 Å². The number of hydrazone groups is 1. The van der Waals surface area contributed by atoms with Crippen molar-refractivity contribution in [2.45, 2.75) is 51.6 Å². The van der Waals surface area contributed by atoms with Crippen molar-refractivity contribution < 1.29 is 9.53 Å². The summed E-state index contributed by atoms with van der Waals surface area (Å²) >= 11 is 0. The van der Waals surface area contributed by atoms with Crippen LogP contribution in [0.25, 0.3) is 0 Å². The van der Waals surface area contributed by atoms with Crippen LogP contribution < -0.4 is 15.1 Å². The molecule has 1 aromatic rings. The molecule has 5 unspecified atom stereocenters. The second kappa shape index (κ2) is 5.00. The molecule has 138 valence electrons. The zero-order valence-electron chi connectivity index (χ0n) is 16.0. The number of nitrogens with one attached hydrogen (secondary N) is 1. The molecule has 0 spiro atoms. The number of amides is 1. The van der Waals surface area contributed by atoms with Gasteiger partial charge in [0.25, 0.3) is 5.91 Å². The molecule has 1 saturated heterocycles. The average Bonchev–Trinajstić information content (AvgIpc) is 2.61. The van der Waals surface area contributed by atoms with E-state index < -0.39 is 0 Å². The molecule has 0 bridgehead atoms. The molecule has 6 heteroatoms. The Morgan fingerprint density at radius 1 is 1.27 bits per heavy atom. The fourth-order valence-electron chi connectivity index (χ4n) is 5.86. The number of likely N-dealkylation sites (N-methyl/N-ethyl adjacent to an activating group) is 1. The number of benzene rings is 1. The minimum Gasteiger partial charge on any atom is -0.483 e. The monoisotopic (exact) mass is 354 g/mol. The van der Waals surface area contributed by atoms with Gasteiger partial charge in [0.05, 0.1) is 5.69 Å². The van der Waals surface area contributed by atoms with Gasteiger partial charge in [0.2, 0.25) is 0 Å². The second-order valence-electron chi connectivity index (χ2n) is 8.66. The van der Waals surface area contributed by atoms with Crippen LogP contribution >= 0.6 is 0 Å². The highest BCUT2D eigenvalue weighted by Crippen LogP contribution is 2.59. The van der Waals surface area contributed by atoms with E-state index in [9.17, 15) is 4.79 Å². The van der Waals surface area contributed by atoms with Crippen LogP contribution in [0.2, 0.25) is 0 Å². The third-order valence-electron chi connectivity index (χ3n) is 7.28. The highest BCUT2D eigenvalue weighted by atomic mass is 16.5. The lowest BCUT2D eigenvalue weighted by Crippen LogP contribution is -2.67. The summed E-state index contributed by atoms with van der Waals surface area (Å²) < 4.78 is 6.02. The zero-order valence-corrected chi connectivity index (χ0v) is 16.0. The third-order valence-corrected chi connectivity index (χ3v) is 7.28. The lowest BCUT2D eigenvalue weighted by atomic mass is 9.54. The van der Waals surface area contributed by atoms with Crippen LogP contribution in [0.3, 0.4) is 0 Å². The van der Waals surface area contributed by atoms with Crippen LogP contribution in [0.4, 0.5) is 5.69 Å². The van der Waals surface area contributed by atoms with Gasteiger partial charge in [0.1, 0.15) is 18.4 Å². The Kier molecular flexibility index (Phi) is 3.10. The van der Waals surface area contributed by atoms with Crippen LogP contribution in [0.1, 0.15) is 50.7 Å². The first kappa shape index (κ1) is 16.1. The van der Waals surface area contributed by atoms with Crippen LogP contribution in [-0.2, 0) is 4.79 Å². The number of fused-ring (bicyclic) bond motifs is 5. The van der Waals surface area contributed by atoms with Crippen LogP contribution in [0.5, 0.6) is 5.75 Å². The number of likely N-dealkylation sites (tertiary alicyclic amines) is 1. The number of nitrogens with zero attached hydrogens (tertiary/aromatic N) is 3. The van der Waals surface area contributed by atoms with E-state index in [0.29, 0.717) is 29.9 Å². The summed E-state index contributed by atoms with van der Waals surface area (Å²) in [6.45, 7) is 10.5. The Hall–Kier alpha value is -2.08. The highest BCUT2D eigenvalue weighted by Gasteiger charge is 2.57. The number of rotatable bonds is 0. The van der Waals surface area contributed by atoms with E-state index in [-0.39, 0.29) is 11.9 Å². The number of hydrogen-bond donors (Lipinski definition) is 1. The van der Waals surface area contributed by atoms with Crippen molar-refractivity contribution in [2.24, 2.45) is 10.5 Å². The number of carbonyl (C=O) groups excluding carboxylic acids is 1. The molecular weight excluding hydrogens is 328 g/mol. The molecule has 5 rings (SSSR count). The van der Waals surface area contributed by atoms with Crippen LogP contribution in [0.15, 0.2) is 17.2 Å². The molecule has 1 amide bonds. The summed E-state index contributed by atoms with van der Waals surface area (Å²) in [4.78, 5) is 16.7. The topological polar surface area (TPSA) is 57.2 Å². The molecule has 1 aromatic carbocycles. The van der Waals surface area contributed by atoms with Crippen LogP contribution in [-0.4, -0.2) is 48.9 Å². The second-order valence-corrected chi connectivity index (χ2v) is 8.66. The summed E-state index contributed by atoms with van der Waals surface area (Å²) in [5.41, 5.74) is 6.65. The van der Waals surface area contributed by atoms with Crippen molar-refractivity contribution in [2.75, 3.05) is 25.1 Å². The fourth-order valence-corrected chi connectivity index (χ4v) is 5.86. The van der Waals surface area contributed by atoms with Crippen molar-refractivity contribution >= 4 is 17.4 Å². The smallest absolute Gasteiger partial charge is 0.262 e. The number of anilines is 1. The van der Waals surface area contributed by atoms with Crippen molar-refractivity contribution in [3.05, 3.63) is 23.3 Å². The zero-order chi connectivity index (χ0) is 18.4. The predicted octanol–water partition coefficient (Wildman–Crippen LogP) is 2.26. The molecule has 3 aliphatic heterocycles. The maximum atomic E-state index is 12.1. The summed E-state index contributed by atoms with van der Waals surface area (Å²) in [6.07, 6.45) is 0. The van der Waals surface area contributed by atoms with Gasteiger partial charge in [-0.05, 0) is 49.1 Å². The van der Waals surface area contributed by atoms with E-state index in [1.54, 1.807) is 0 Å². The van der Waals surface area contributed by atoms with E-state index in [0.717, 1.165) is 23.8 Å². The van der Waals surface area contributed by atoms with Gasteiger partial charge in [0, 0.05) is 18.0 Å². The Labute approximate surface area is 154 Å². The van der Waals surface area contributed by atoms with Gasteiger partial charge >= 0.3 is 0 Å². The molecule has 1 aliphatic carbocycles. The Morgan fingerprint density at radius 3 is 2.77 bits per heavy atom. The standard InChI is InChI=1S/C20H26N4O2/c1-10-13-7-16-15(24-12(3)19(25)22-21-17(24)8-26-16)6-14(13)11(2)20(4)9-23(5)18(10)20/h6-7,10-12,18H,8-9H2,1-5H3,(H,22,25). The molecule has 5 atom stereocenters. The highest BCUT2D eigenvalue weighted by molar-refractivity contribution is 6.09. The number of carbonyl (C=O) groups is 1. The molecule has 0 saturated carbocycles. The maximum absolute atomic E-state index is 12.1. The molecule has 26 heavy (non-hydrogen) atoms. The largest absolute Gasteiger partial charge is 0.483 e. The van der Waals surface area contributed by atoms with Gasteiger partial charge in [-0.15, -0.1) is 0 Å². The molecular formula is C20H26N4O2. The molecule has 4 aliphatic rings. The maximum Gasteiger partial charge on any atom is 0.262 e. The molecule has 1 N–H and O–H groups in total. The lowest BCUT2D eigenvalue weighted by molar-refractivity contribution is -0.122. The van der Waals surface area contributed by atoms with Crippen molar-refractivity contribution in [1.82, 2.24) is 10.3 Å². The first-order valence-electron chi connectivity index (χ1n) is 9.49. The van der Waals surface area contributed by atoms with E-state index >= 15 is 0 Å². The number of amidine groups is 1. The minimum atomic E-state index is -0.280. The van der Waals surface area contributed by atoms with Gasteiger partial charge < -0.3 is 14.5 Å². The summed E-state index contributed by atoms with van der Waals surface area (Å²) in [6, 6.07) is 4.77. The van der Waals surface area contributed by atoms with E-state index in [4.69, 9.17) is 4.74 Å². The SMILES string of the molecule is CC1c2cc3c(cc2C(C)C2(C)CN(C)C12)N1C(=NNC(=O)C1C)CO3. The lowest BCUT2D eigenvalue weighted by Gasteiger charge is -2.63. The van der Waals surface area contributed by atoms with Crippen molar-refractivity contribution in [3.63, 3.8) is 0 Å². The van der Waals surface area contributed by atoms with Crippen molar-refractivity contribution in [1.29, 1.82) is 0 Å². The molecule has 0 radical (unpaired) electrons. The summed E-state index contributed by atoms with van der Waals surface area (Å²) in [5.74, 6) is 2.50. The normalized spacial score (nSPS) is 38.0. The van der Waals surface area contributed by atoms with Crippen molar-refractivity contribution in [3.8, 4) is 5.75 Å². The number of hydrogen-bond acceptors (Lipinski definition) is 5. The fraction of sp³-hybridized carbons (Fsp3) is 0.600. The molecule has 6 nitrogen and oxygen atoms in total. The summed E-state index contributed by atoms with van der Waals surface area (Å²) in [5, 5.41) is 4.20. The molecule has 3 heterocycles.